The number of halogens is 1. The van der Waals surface area contributed by atoms with E-state index in [4.69, 9.17) is 4.42 Å². The predicted molar refractivity (Wildman–Crippen MR) is 76.8 cm³/mol. The van der Waals surface area contributed by atoms with E-state index in [1.165, 1.54) is 12.1 Å². The van der Waals surface area contributed by atoms with Gasteiger partial charge in [0.15, 0.2) is 5.58 Å². The Morgan fingerprint density at radius 1 is 1.15 bits per heavy atom. The van der Waals surface area contributed by atoms with Crippen LogP contribution in [0.25, 0.3) is 22.6 Å². The first-order chi connectivity index (χ1) is 9.76. The van der Waals surface area contributed by atoms with Crippen molar-refractivity contribution in [1.29, 1.82) is 0 Å². The SMILES string of the molecule is CCNCc1ccc2nc(-c3ccc(F)cc3)oc2c1. The lowest BCUT2D eigenvalue weighted by atomic mass is 10.2. The largest absolute Gasteiger partial charge is 0.436 e. The van der Waals surface area contributed by atoms with Gasteiger partial charge in [-0.2, -0.15) is 0 Å². The van der Waals surface area contributed by atoms with Crippen LogP contribution in [0.2, 0.25) is 0 Å². The Morgan fingerprint density at radius 3 is 2.70 bits per heavy atom. The third kappa shape index (κ3) is 2.56. The molecule has 0 bridgehead atoms. The highest BCUT2D eigenvalue weighted by atomic mass is 19.1. The van der Waals surface area contributed by atoms with E-state index in [1.807, 2.05) is 18.2 Å². The highest BCUT2D eigenvalue weighted by Gasteiger charge is 2.08. The molecule has 3 nitrogen and oxygen atoms in total. The molecule has 3 aromatic rings. The van der Waals surface area contributed by atoms with Crippen molar-refractivity contribution < 1.29 is 8.81 Å². The molecule has 3 rings (SSSR count). The molecule has 0 radical (unpaired) electrons. The van der Waals surface area contributed by atoms with Crippen LogP contribution >= 0.6 is 0 Å². The van der Waals surface area contributed by atoms with E-state index < -0.39 is 0 Å². The zero-order valence-electron chi connectivity index (χ0n) is 11.2. The Bertz CT molecular complexity index is 719. The fourth-order valence-corrected chi connectivity index (χ4v) is 2.06. The lowest BCUT2D eigenvalue weighted by Crippen LogP contribution is -2.11. The van der Waals surface area contributed by atoms with Gasteiger partial charge in [-0.3, -0.25) is 0 Å². The maximum absolute atomic E-state index is 12.9. The summed E-state index contributed by atoms with van der Waals surface area (Å²) < 4.78 is 18.7. The predicted octanol–water partition coefficient (Wildman–Crippen LogP) is 3.74. The Kier molecular flexibility index (Phi) is 3.48. The second kappa shape index (κ2) is 5.43. The fraction of sp³-hybridized carbons (Fsp3) is 0.188. The van der Waals surface area contributed by atoms with Gasteiger partial charge in [0, 0.05) is 12.1 Å². The molecule has 0 spiro atoms. The number of benzene rings is 2. The van der Waals surface area contributed by atoms with Gasteiger partial charge in [0.25, 0.3) is 0 Å². The summed E-state index contributed by atoms with van der Waals surface area (Å²) in [4.78, 5) is 4.42. The molecule has 0 saturated heterocycles. The first-order valence-corrected chi connectivity index (χ1v) is 6.62. The molecule has 0 saturated carbocycles. The maximum atomic E-state index is 12.9. The third-order valence-electron chi connectivity index (χ3n) is 3.12. The van der Waals surface area contributed by atoms with Crippen molar-refractivity contribution in [2.75, 3.05) is 6.54 Å². The molecule has 102 valence electrons. The monoisotopic (exact) mass is 270 g/mol. The molecule has 4 heteroatoms. The van der Waals surface area contributed by atoms with Crippen molar-refractivity contribution in [3.05, 3.63) is 53.8 Å². The average molecular weight is 270 g/mol. The van der Waals surface area contributed by atoms with Crippen LogP contribution in [-0.2, 0) is 6.54 Å². The van der Waals surface area contributed by atoms with E-state index in [9.17, 15) is 4.39 Å². The van der Waals surface area contributed by atoms with Crippen molar-refractivity contribution in [1.82, 2.24) is 10.3 Å². The standard InChI is InChI=1S/C16H15FN2O/c1-2-18-10-11-3-8-14-15(9-11)20-16(19-14)12-4-6-13(17)7-5-12/h3-9,18H,2,10H2,1H3. The minimum Gasteiger partial charge on any atom is -0.436 e. The molecule has 0 fully saturated rings. The Hall–Kier alpha value is -2.20. The second-order valence-corrected chi connectivity index (χ2v) is 4.61. The first-order valence-electron chi connectivity index (χ1n) is 6.62. The molecular formula is C16H15FN2O. The number of hydrogen-bond donors (Lipinski definition) is 1. The minimum atomic E-state index is -0.266. The van der Waals surface area contributed by atoms with Crippen LogP contribution in [-0.4, -0.2) is 11.5 Å². The summed E-state index contributed by atoms with van der Waals surface area (Å²) in [6.07, 6.45) is 0. The van der Waals surface area contributed by atoms with Gasteiger partial charge in [-0.1, -0.05) is 13.0 Å². The van der Waals surface area contributed by atoms with Gasteiger partial charge in [0.05, 0.1) is 0 Å². The number of nitrogens with zero attached hydrogens (tertiary/aromatic N) is 1. The highest BCUT2D eigenvalue weighted by Crippen LogP contribution is 2.25. The number of rotatable bonds is 4. The van der Waals surface area contributed by atoms with E-state index in [0.717, 1.165) is 35.3 Å². The number of aromatic nitrogens is 1. The van der Waals surface area contributed by atoms with Crippen LogP contribution in [0.3, 0.4) is 0 Å². The maximum Gasteiger partial charge on any atom is 0.227 e. The molecule has 0 amide bonds. The van der Waals surface area contributed by atoms with E-state index in [2.05, 4.69) is 17.2 Å². The summed E-state index contributed by atoms with van der Waals surface area (Å²) in [5.74, 6) is 0.249. The molecule has 1 aromatic heterocycles. The van der Waals surface area contributed by atoms with Gasteiger partial charge >= 0.3 is 0 Å². The molecule has 1 N–H and O–H groups in total. The summed E-state index contributed by atoms with van der Waals surface area (Å²) in [6.45, 7) is 3.80. The van der Waals surface area contributed by atoms with Gasteiger partial charge in [0.1, 0.15) is 11.3 Å². The van der Waals surface area contributed by atoms with Crippen LogP contribution in [0, 0.1) is 5.82 Å². The van der Waals surface area contributed by atoms with E-state index in [-0.39, 0.29) is 5.82 Å². The molecule has 0 aliphatic rings. The molecule has 0 atom stereocenters. The first kappa shape index (κ1) is 12.8. The quantitative estimate of drug-likeness (QED) is 0.784. The normalized spacial score (nSPS) is 11.1. The Labute approximate surface area is 116 Å². The molecule has 0 aliphatic carbocycles. The third-order valence-corrected chi connectivity index (χ3v) is 3.12. The Balaban J connectivity index is 1.95. The molecule has 1 heterocycles. The van der Waals surface area contributed by atoms with Crippen LogP contribution < -0.4 is 5.32 Å². The summed E-state index contributed by atoms with van der Waals surface area (Å²) in [6, 6.07) is 12.1. The average Bonchev–Trinajstić information content (AvgIpc) is 2.89. The van der Waals surface area contributed by atoms with Crippen LogP contribution in [0.15, 0.2) is 46.9 Å². The topological polar surface area (TPSA) is 38.1 Å². The van der Waals surface area contributed by atoms with Crippen molar-refractivity contribution in [3.8, 4) is 11.5 Å². The van der Waals surface area contributed by atoms with Crippen molar-refractivity contribution >= 4 is 11.1 Å². The second-order valence-electron chi connectivity index (χ2n) is 4.61. The summed E-state index contributed by atoms with van der Waals surface area (Å²) >= 11 is 0. The van der Waals surface area contributed by atoms with Crippen molar-refractivity contribution in [2.24, 2.45) is 0 Å². The zero-order chi connectivity index (χ0) is 13.9. The van der Waals surface area contributed by atoms with Crippen molar-refractivity contribution in [3.63, 3.8) is 0 Å². The molecular weight excluding hydrogens is 255 g/mol. The highest BCUT2D eigenvalue weighted by molar-refractivity contribution is 5.76. The molecule has 0 aliphatic heterocycles. The number of fused-ring (bicyclic) bond motifs is 1. The van der Waals surface area contributed by atoms with Gasteiger partial charge < -0.3 is 9.73 Å². The number of nitrogens with one attached hydrogen (secondary N) is 1. The van der Waals surface area contributed by atoms with Gasteiger partial charge in [0.2, 0.25) is 5.89 Å². The fourth-order valence-electron chi connectivity index (χ4n) is 2.06. The van der Waals surface area contributed by atoms with Crippen LogP contribution in [0.5, 0.6) is 0 Å². The van der Waals surface area contributed by atoms with Crippen molar-refractivity contribution in [2.45, 2.75) is 13.5 Å². The van der Waals surface area contributed by atoms with Gasteiger partial charge in [-0.15, -0.1) is 0 Å². The Morgan fingerprint density at radius 2 is 1.95 bits per heavy atom. The van der Waals surface area contributed by atoms with E-state index >= 15 is 0 Å². The molecule has 20 heavy (non-hydrogen) atoms. The van der Waals surface area contributed by atoms with Crippen LogP contribution in [0.4, 0.5) is 4.39 Å². The summed E-state index contributed by atoms with van der Waals surface area (Å²) in [5, 5.41) is 3.27. The number of oxazole rings is 1. The lowest BCUT2D eigenvalue weighted by Gasteiger charge is -2.00. The molecule has 0 unspecified atom stereocenters. The smallest absolute Gasteiger partial charge is 0.227 e. The summed E-state index contributed by atoms with van der Waals surface area (Å²) in [5.41, 5.74) is 3.49. The minimum absolute atomic E-state index is 0.266. The van der Waals surface area contributed by atoms with Gasteiger partial charge in [-0.05, 0) is 48.5 Å². The zero-order valence-corrected chi connectivity index (χ0v) is 11.2. The lowest BCUT2D eigenvalue weighted by molar-refractivity contribution is 0.615. The molecule has 2 aromatic carbocycles. The van der Waals surface area contributed by atoms with E-state index in [0.29, 0.717) is 5.89 Å². The van der Waals surface area contributed by atoms with E-state index in [1.54, 1.807) is 12.1 Å². The van der Waals surface area contributed by atoms with Crippen LogP contribution in [0.1, 0.15) is 12.5 Å². The summed E-state index contributed by atoms with van der Waals surface area (Å²) in [7, 11) is 0. The van der Waals surface area contributed by atoms with Gasteiger partial charge in [-0.25, -0.2) is 9.37 Å². The number of hydrogen-bond acceptors (Lipinski definition) is 3.